The molecule has 3 aromatic rings. The summed E-state index contributed by atoms with van der Waals surface area (Å²) < 4.78 is 1.88. The van der Waals surface area contributed by atoms with E-state index in [0.29, 0.717) is 22.3 Å². The van der Waals surface area contributed by atoms with E-state index in [2.05, 4.69) is 10.3 Å². The molecule has 29 heavy (non-hydrogen) atoms. The fraction of sp³-hybridized carbons (Fsp3) is 0.348. The molecular weight excluding hydrogens is 386 g/mol. The molecule has 1 aliphatic heterocycles. The van der Waals surface area contributed by atoms with Crippen molar-refractivity contribution in [2.45, 2.75) is 39.0 Å². The number of halogens is 1. The molecule has 2 fully saturated rings. The maximum atomic E-state index is 13.2. The van der Waals surface area contributed by atoms with Gasteiger partial charge in [-0.05, 0) is 75.4 Å². The first kappa shape index (κ1) is 21.2. The molecule has 2 aliphatic rings. The molecule has 1 aromatic carbocycles. The maximum Gasteiger partial charge on any atom is 0.230 e. The molecule has 5 nitrogen and oxygen atoms in total. The van der Waals surface area contributed by atoms with Crippen LogP contribution in [-0.2, 0) is 4.79 Å². The highest BCUT2D eigenvalue weighted by Gasteiger charge is 2.31. The second-order valence-corrected chi connectivity index (χ2v) is 7.80. The van der Waals surface area contributed by atoms with Gasteiger partial charge in [-0.3, -0.25) is 9.20 Å². The molecule has 0 bridgehead atoms. The predicted octanol–water partition coefficient (Wildman–Crippen LogP) is 4.51. The quantitative estimate of drug-likeness (QED) is 0.644. The molecule has 1 saturated heterocycles. The van der Waals surface area contributed by atoms with E-state index in [-0.39, 0.29) is 5.78 Å². The lowest BCUT2D eigenvalue weighted by Gasteiger charge is -2.09. The highest BCUT2D eigenvalue weighted by Crippen LogP contribution is 2.43. The van der Waals surface area contributed by atoms with Crippen LogP contribution in [0.25, 0.3) is 5.52 Å². The fourth-order valence-corrected chi connectivity index (χ4v) is 3.58. The van der Waals surface area contributed by atoms with Crippen LogP contribution in [0.2, 0.25) is 5.02 Å². The zero-order chi connectivity index (χ0) is 21.0. The molecule has 152 valence electrons. The smallest absolute Gasteiger partial charge is 0.230 e. The number of carbonyl (C=O) groups excluding carboxylic acids is 2. The number of benzene rings is 1. The van der Waals surface area contributed by atoms with Gasteiger partial charge in [0.05, 0.1) is 16.2 Å². The first-order valence-electron chi connectivity index (χ1n) is 9.84. The summed E-state index contributed by atoms with van der Waals surface area (Å²) in [4.78, 5) is 25.7. The van der Waals surface area contributed by atoms with Gasteiger partial charge in [-0.1, -0.05) is 29.8 Å². The van der Waals surface area contributed by atoms with Crippen LogP contribution in [0.3, 0.4) is 0 Å². The lowest BCUT2D eigenvalue weighted by atomic mass is 9.99. The number of nitrogens with one attached hydrogen (secondary N) is 1. The summed E-state index contributed by atoms with van der Waals surface area (Å²) in [6, 6.07) is 9.76. The highest BCUT2D eigenvalue weighted by atomic mass is 35.5. The molecule has 0 radical (unpaired) electrons. The molecule has 6 heteroatoms. The lowest BCUT2D eigenvalue weighted by Crippen LogP contribution is -2.29. The van der Waals surface area contributed by atoms with Gasteiger partial charge in [-0.15, -0.1) is 0 Å². The summed E-state index contributed by atoms with van der Waals surface area (Å²) in [6.07, 6.45) is 5.60. The van der Waals surface area contributed by atoms with Gasteiger partial charge in [0.25, 0.3) is 0 Å². The van der Waals surface area contributed by atoms with Crippen molar-refractivity contribution in [2.75, 3.05) is 13.1 Å². The van der Waals surface area contributed by atoms with Gasteiger partial charge >= 0.3 is 0 Å². The fourth-order valence-electron chi connectivity index (χ4n) is 3.31. The van der Waals surface area contributed by atoms with E-state index in [1.165, 1.54) is 19.5 Å². The van der Waals surface area contributed by atoms with Crippen molar-refractivity contribution in [2.24, 2.45) is 0 Å². The Morgan fingerprint density at radius 3 is 2.41 bits per heavy atom. The van der Waals surface area contributed by atoms with E-state index in [4.69, 9.17) is 16.4 Å². The number of imidazole rings is 1. The Morgan fingerprint density at radius 1 is 1.17 bits per heavy atom. The van der Waals surface area contributed by atoms with Crippen molar-refractivity contribution in [1.82, 2.24) is 14.7 Å². The third-order valence-corrected chi connectivity index (χ3v) is 5.48. The minimum atomic E-state index is -0.0915. The number of ketones is 1. The average molecular weight is 412 g/mol. The minimum Gasteiger partial charge on any atom is -0.317 e. The van der Waals surface area contributed by atoms with Crippen LogP contribution >= 0.6 is 11.6 Å². The van der Waals surface area contributed by atoms with Crippen molar-refractivity contribution >= 4 is 29.7 Å². The van der Waals surface area contributed by atoms with E-state index in [0.717, 1.165) is 35.2 Å². The van der Waals surface area contributed by atoms with Crippen LogP contribution in [0.4, 0.5) is 0 Å². The zero-order valence-electron chi connectivity index (χ0n) is 16.9. The average Bonchev–Trinajstić information content (AvgIpc) is 3.46. The second-order valence-electron chi connectivity index (χ2n) is 7.39. The first-order valence-corrected chi connectivity index (χ1v) is 10.2. The van der Waals surface area contributed by atoms with Crippen LogP contribution < -0.4 is 5.32 Å². The van der Waals surface area contributed by atoms with E-state index < -0.39 is 0 Å². The summed E-state index contributed by atoms with van der Waals surface area (Å²) in [6.45, 7) is 8.43. The summed E-state index contributed by atoms with van der Waals surface area (Å²) in [7, 11) is 0. The Morgan fingerprint density at radius 2 is 1.83 bits per heavy atom. The monoisotopic (exact) mass is 411 g/mol. The van der Waals surface area contributed by atoms with Crippen molar-refractivity contribution in [3.05, 3.63) is 69.8 Å². The normalized spacial score (nSPS) is 14.9. The minimum absolute atomic E-state index is 0.0915. The molecule has 0 atom stereocenters. The summed E-state index contributed by atoms with van der Waals surface area (Å²) in [5, 5.41) is 3.63. The number of rotatable bonds is 3. The highest BCUT2D eigenvalue weighted by molar-refractivity contribution is 6.35. The third-order valence-electron chi connectivity index (χ3n) is 5.17. The number of fused-ring (bicyclic) bond motifs is 1. The Balaban J connectivity index is 0.000000351. The molecule has 5 rings (SSSR count). The molecule has 1 N–H and O–H groups in total. The van der Waals surface area contributed by atoms with Crippen LogP contribution in [0.15, 0.2) is 36.5 Å². The first-order chi connectivity index (χ1) is 14.1. The number of aromatic nitrogens is 2. The number of aryl methyl sites for hydroxylation is 2. The van der Waals surface area contributed by atoms with Gasteiger partial charge in [0, 0.05) is 11.8 Å². The lowest BCUT2D eigenvalue weighted by molar-refractivity contribution is -0.0980. The summed E-state index contributed by atoms with van der Waals surface area (Å²) in [5.41, 5.74) is 4.58. The Kier molecular flexibility index (Phi) is 6.83. The van der Waals surface area contributed by atoms with E-state index >= 15 is 0 Å². The SMILES string of the molecule is C1CNC1.C=O.Cc1ccc2c(C)nc(C(=O)c3c(Cl)cccc3C3CC3)n2c1. The van der Waals surface area contributed by atoms with Gasteiger partial charge in [0.15, 0.2) is 5.82 Å². The number of nitrogens with zero attached hydrogens (tertiary/aromatic N) is 2. The standard InChI is InChI=1S/C19H17ClN2O.C3H7N.CH2O/c1-11-6-9-16-12(2)21-19(22(16)10-11)18(23)17-14(13-7-8-13)4-3-5-15(17)20;1-2-4-3-1;1-2/h3-6,9-10,13H,7-8H2,1-2H3;4H,1-3H2;1H2. The third kappa shape index (κ3) is 4.57. The number of pyridine rings is 1. The number of carbonyl (C=O) groups is 2. The molecular formula is C23H26ClN3O2. The Bertz CT molecular complexity index is 1020. The van der Waals surface area contributed by atoms with Crippen molar-refractivity contribution in [3.63, 3.8) is 0 Å². The van der Waals surface area contributed by atoms with E-state index in [1.54, 1.807) is 6.07 Å². The summed E-state index contributed by atoms with van der Waals surface area (Å²) in [5.74, 6) is 0.809. The largest absolute Gasteiger partial charge is 0.317 e. The van der Waals surface area contributed by atoms with Crippen LogP contribution in [0.1, 0.15) is 58.2 Å². The Labute approximate surface area is 176 Å². The molecule has 0 spiro atoms. The van der Waals surface area contributed by atoms with Crippen LogP contribution in [0.5, 0.6) is 0 Å². The molecule has 1 aliphatic carbocycles. The molecule has 3 heterocycles. The van der Waals surface area contributed by atoms with Gasteiger partial charge in [-0.2, -0.15) is 0 Å². The van der Waals surface area contributed by atoms with Gasteiger partial charge in [0.1, 0.15) is 6.79 Å². The Hall–Kier alpha value is -2.50. The van der Waals surface area contributed by atoms with Crippen LogP contribution in [0, 0.1) is 13.8 Å². The predicted molar refractivity (Wildman–Crippen MR) is 116 cm³/mol. The second kappa shape index (κ2) is 9.33. The molecule has 0 amide bonds. The van der Waals surface area contributed by atoms with E-state index in [9.17, 15) is 4.79 Å². The molecule has 0 unspecified atom stereocenters. The van der Waals surface area contributed by atoms with Gasteiger partial charge < -0.3 is 10.1 Å². The van der Waals surface area contributed by atoms with Crippen molar-refractivity contribution < 1.29 is 9.59 Å². The zero-order valence-corrected chi connectivity index (χ0v) is 17.6. The van der Waals surface area contributed by atoms with Gasteiger partial charge in [0.2, 0.25) is 5.78 Å². The maximum absolute atomic E-state index is 13.2. The topological polar surface area (TPSA) is 63.5 Å². The van der Waals surface area contributed by atoms with E-state index in [1.807, 2.05) is 55.5 Å². The molecule has 1 saturated carbocycles. The summed E-state index contributed by atoms with van der Waals surface area (Å²) >= 11 is 6.38. The van der Waals surface area contributed by atoms with Crippen molar-refractivity contribution in [3.8, 4) is 0 Å². The molecule has 2 aromatic heterocycles. The van der Waals surface area contributed by atoms with Crippen molar-refractivity contribution in [1.29, 1.82) is 0 Å². The van der Waals surface area contributed by atoms with Gasteiger partial charge in [-0.25, -0.2) is 4.98 Å². The number of hydrogen-bond acceptors (Lipinski definition) is 4. The number of hydrogen-bond donors (Lipinski definition) is 1. The van der Waals surface area contributed by atoms with Crippen LogP contribution in [-0.4, -0.2) is 35.0 Å².